The highest BCUT2D eigenvalue weighted by atomic mass is 31.2. The molecule has 0 spiro atoms. The second-order valence-electron chi connectivity index (χ2n) is 3.79. The van der Waals surface area contributed by atoms with Crippen LogP contribution in [0.2, 0.25) is 0 Å². The van der Waals surface area contributed by atoms with Crippen molar-refractivity contribution in [2.45, 2.75) is 0 Å². The molecule has 4 nitrogen and oxygen atoms in total. The molecular weight excluding hydrogens is 239 g/mol. The quantitative estimate of drug-likeness (QED) is 0.648. The first-order valence-electron chi connectivity index (χ1n) is 5.04. The number of para-hydroxylation sites is 1. The summed E-state index contributed by atoms with van der Waals surface area (Å²) in [5, 5.41) is 1.23. The Balaban J connectivity index is 2.57. The number of furan rings is 1. The summed E-state index contributed by atoms with van der Waals surface area (Å²) in [7, 11) is -4.29. The van der Waals surface area contributed by atoms with Crippen LogP contribution in [-0.2, 0) is 4.57 Å². The smallest absolute Gasteiger partial charge is 0.356 e. The van der Waals surface area contributed by atoms with Crippen LogP contribution < -0.4 is 5.30 Å². The minimum Gasteiger partial charge on any atom is -0.456 e. The molecule has 0 radical (unpaired) electrons. The molecule has 0 aliphatic heterocycles. The van der Waals surface area contributed by atoms with E-state index in [0.717, 1.165) is 5.39 Å². The van der Waals surface area contributed by atoms with E-state index in [1.807, 2.05) is 12.1 Å². The van der Waals surface area contributed by atoms with E-state index in [1.165, 1.54) is 6.07 Å². The Labute approximate surface area is 96.6 Å². The van der Waals surface area contributed by atoms with Crippen molar-refractivity contribution in [2.75, 3.05) is 0 Å². The van der Waals surface area contributed by atoms with Crippen LogP contribution in [0.25, 0.3) is 21.9 Å². The maximum atomic E-state index is 11.4. The average Bonchev–Trinajstić information content (AvgIpc) is 2.65. The number of hydrogen-bond donors (Lipinski definition) is 2. The average molecular weight is 248 g/mol. The van der Waals surface area contributed by atoms with Gasteiger partial charge in [0, 0.05) is 10.8 Å². The zero-order chi connectivity index (χ0) is 12.0. The molecule has 0 amide bonds. The fraction of sp³-hybridized carbons (Fsp3) is 0. The van der Waals surface area contributed by atoms with Crippen LogP contribution in [0.3, 0.4) is 0 Å². The van der Waals surface area contributed by atoms with Crippen LogP contribution in [0.4, 0.5) is 0 Å². The fourth-order valence-corrected chi connectivity index (χ4v) is 2.80. The predicted octanol–water partition coefficient (Wildman–Crippen LogP) is 2.39. The first-order chi connectivity index (χ1) is 8.07. The van der Waals surface area contributed by atoms with Crippen molar-refractivity contribution >= 4 is 34.8 Å². The Morgan fingerprint density at radius 2 is 1.65 bits per heavy atom. The molecule has 3 rings (SSSR count). The van der Waals surface area contributed by atoms with Crippen molar-refractivity contribution in [3.63, 3.8) is 0 Å². The Kier molecular flexibility index (Phi) is 2.13. The Morgan fingerprint density at radius 3 is 2.41 bits per heavy atom. The lowest BCUT2D eigenvalue weighted by atomic mass is 10.1. The third kappa shape index (κ3) is 1.58. The lowest BCUT2D eigenvalue weighted by Gasteiger charge is -2.04. The highest BCUT2D eigenvalue weighted by Gasteiger charge is 2.23. The molecule has 0 aliphatic rings. The lowest BCUT2D eigenvalue weighted by Crippen LogP contribution is -2.03. The monoisotopic (exact) mass is 248 g/mol. The third-order valence-corrected chi connectivity index (χ3v) is 3.69. The van der Waals surface area contributed by atoms with E-state index < -0.39 is 7.60 Å². The number of rotatable bonds is 1. The van der Waals surface area contributed by atoms with Gasteiger partial charge in [0.15, 0.2) is 0 Å². The van der Waals surface area contributed by atoms with Gasteiger partial charge in [0.05, 0.1) is 5.30 Å². The van der Waals surface area contributed by atoms with Gasteiger partial charge in [-0.15, -0.1) is 0 Å². The van der Waals surface area contributed by atoms with E-state index in [-0.39, 0.29) is 5.30 Å². The summed E-state index contributed by atoms with van der Waals surface area (Å²) in [5.74, 6) is 0. The standard InChI is InChI=1S/C12H9O4P/c13-17(14,15)11-7-3-6-10-12(11)8-4-1-2-5-9(8)16-10/h1-7H,(H2,13,14,15). The molecule has 0 unspecified atom stereocenters. The number of hydrogen-bond acceptors (Lipinski definition) is 2. The van der Waals surface area contributed by atoms with Crippen LogP contribution in [0.5, 0.6) is 0 Å². The molecule has 3 aromatic rings. The van der Waals surface area contributed by atoms with Crippen LogP contribution in [0.1, 0.15) is 0 Å². The molecule has 0 saturated carbocycles. The van der Waals surface area contributed by atoms with Gasteiger partial charge in [-0.25, -0.2) is 0 Å². The fourth-order valence-electron chi connectivity index (χ4n) is 2.00. The zero-order valence-corrected chi connectivity index (χ0v) is 9.59. The van der Waals surface area contributed by atoms with E-state index in [1.54, 1.807) is 24.3 Å². The van der Waals surface area contributed by atoms with Crippen molar-refractivity contribution in [2.24, 2.45) is 0 Å². The SMILES string of the molecule is O=P(O)(O)c1cccc2oc3ccccc3c12. The summed E-state index contributed by atoms with van der Waals surface area (Å²) in [6.45, 7) is 0. The van der Waals surface area contributed by atoms with Gasteiger partial charge in [-0.1, -0.05) is 24.3 Å². The summed E-state index contributed by atoms with van der Waals surface area (Å²) in [5.41, 5.74) is 1.12. The van der Waals surface area contributed by atoms with Crippen LogP contribution in [0, 0.1) is 0 Å². The largest absolute Gasteiger partial charge is 0.456 e. The Bertz CT molecular complexity index is 753. The minimum atomic E-state index is -4.29. The van der Waals surface area contributed by atoms with E-state index in [4.69, 9.17) is 4.42 Å². The molecule has 86 valence electrons. The molecular formula is C12H9O4P. The Hall–Kier alpha value is -1.61. The summed E-state index contributed by atoms with van der Waals surface area (Å²) < 4.78 is 17.0. The first-order valence-corrected chi connectivity index (χ1v) is 6.65. The number of benzene rings is 2. The highest BCUT2D eigenvalue weighted by Crippen LogP contribution is 2.39. The number of fused-ring (bicyclic) bond motifs is 3. The van der Waals surface area contributed by atoms with Gasteiger partial charge in [0.25, 0.3) is 0 Å². The zero-order valence-electron chi connectivity index (χ0n) is 8.70. The molecule has 5 heteroatoms. The summed E-state index contributed by atoms with van der Waals surface area (Å²) in [6, 6.07) is 11.9. The van der Waals surface area contributed by atoms with E-state index in [2.05, 4.69) is 0 Å². The minimum absolute atomic E-state index is 0.0138. The van der Waals surface area contributed by atoms with Crippen molar-refractivity contribution in [3.05, 3.63) is 42.5 Å². The van der Waals surface area contributed by atoms with Crippen LogP contribution in [-0.4, -0.2) is 9.79 Å². The summed E-state index contributed by atoms with van der Waals surface area (Å²) in [6.07, 6.45) is 0. The van der Waals surface area contributed by atoms with Crippen molar-refractivity contribution in [1.82, 2.24) is 0 Å². The maximum Gasteiger partial charge on any atom is 0.356 e. The van der Waals surface area contributed by atoms with Gasteiger partial charge in [-0.3, -0.25) is 4.57 Å². The van der Waals surface area contributed by atoms with E-state index in [0.29, 0.717) is 16.6 Å². The normalized spacial score (nSPS) is 12.4. The maximum absolute atomic E-state index is 11.4. The van der Waals surface area contributed by atoms with Crippen molar-refractivity contribution in [3.8, 4) is 0 Å². The van der Waals surface area contributed by atoms with Gasteiger partial charge in [-0.2, -0.15) is 0 Å². The molecule has 0 bridgehead atoms. The topological polar surface area (TPSA) is 70.7 Å². The molecule has 0 atom stereocenters. The van der Waals surface area contributed by atoms with Crippen LogP contribution >= 0.6 is 7.60 Å². The Morgan fingerprint density at radius 1 is 0.941 bits per heavy atom. The first kappa shape index (κ1) is 10.5. The molecule has 0 fully saturated rings. The van der Waals surface area contributed by atoms with Crippen molar-refractivity contribution < 1.29 is 18.8 Å². The van der Waals surface area contributed by atoms with Gasteiger partial charge in [-0.05, 0) is 18.2 Å². The van der Waals surface area contributed by atoms with Gasteiger partial charge >= 0.3 is 7.60 Å². The lowest BCUT2D eigenvalue weighted by molar-refractivity contribution is 0.387. The molecule has 17 heavy (non-hydrogen) atoms. The van der Waals surface area contributed by atoms with Crippen molar-refractivity contribution in [1.29, 1.82) is 0 Å². The second-order valence-corrected chi connectivity index (χ2v) is 5.36. The van der Waals surface area contributed by atoms with Gasteiger partial charge < -0.3 is 14.2 Å². The van der Waals surface area contributed by atoms with E-state index in [9.17, 15) is 14.4 Å². The van der Waals surface area contributed by atoms with Gasteiger partial charge in [0.1, 0.15) is 11.2 Å². The molecule has 0 aliphatic carbocycles. The second kappa shape index (κ2) is 3.44. The van der Waals surface area contributed by atoms with E-state index >= 15 is 0 Å². The molecule has 2 N–H and O–H groups in total. The molecule has 2 aromatic carbocycles. The summed E-state index contributed by atoms with van der Waals surface area (Å²) >= 11 is 0. The third-order valence-electron chi connectivity index (χ3n) is 2.69. The summed E-state index contributed by atoms with van der Waals surface area (Å²) in [4.78, 5) is 18.7. The molecule has 1 heterocycles. The molecule has 0 saturated heterocycles. The van der Waals surface area contributed by atoms with Crippen LogP contribution in [0.15, 0.2) is 46.9 Å². The molecule has 1 aromatic heterocycles. The predicted molar refractivity (Wildman–Crippen MR) is 65.4 cm³/mol. The van der Waals surface area contributed by atoms with Gasteiger partial charge in [0.2, 0.25) is 0 Å². The highest BCUT2D eigenvalue weighted by molar-refractivity contribution is 7.60.